The van der Waals surface area contributed by atoms with E-state index in [1.54, 1.807) is 43.3 Å². The lowest BCUT2D eigenvalue weighted by Gasteiger charge is -2.32. The zero-order valence-corrected chi connectivity index (χ0v) is 14.9. The number of amides is 2. The molecule has 0 bridgehead atoms. The lowest BCUT2D eigenvalue weighted by molar-refractivity contribution is 0.0681. The Morgan fingerprint density at radius 2 is 2.08 bits per heavy atom. The minimum atomic E-state index is -0.283. The van der Waals surface area contributed by atoms with Crippen LogP contribution in [-0.2, 0) is 7.05 Å². The van der Waals surface area contributed by atoms with Crippen molar-refractivity contribution < 1.29 is 14.1 Å². The fourth-order valence-electron chi connectivity index (χ4n) is 3.07. The second-order valence-corrected chi connectivity index (χ2v) is 6.61. The third-order valence-corrected chi connectivity index (χ3v) is 4.67. The molecule has 0 atom stereocenters. The van der Waals surface area contributed by atoms with Crippen LogP contribution in [0.1, 0.15) is 39.4 Å². The van der Waals surface area contributed by atoms with Crippen molar-refractivity contribution in [2.45, 2.75) is 19.8 Å². The van der Waals surface area contributed by atoms with E-state index in [-0.39, 0.29) is 34.5 Å². The number of hydrogen-bond acceptors (Lipinski definition) is 5. The number of carbonyl (C=O) groups excluding carboxylic acids is 2. The van der Waals surface area contributed by atoms with Crippen LogP contribution in [0.5, 0.6) is 0 Å². The summed E-state index contributed by atoms with van der Waals surface area (Å²) in [4.78, 5) is 38.3. The molecule has 3 heterocycles. The van der Waals surface area contributed by atoms with Gasteiger partial charge in [0.1, 0.15) is 11.3 Å². The highest BCUT2D eigenvalue weighted by molar-refractivity contribution is 5.94. The van der Waals surface area contributed by atoms with E-state index < -0.39 is 0 Å². The van der Waals surface area contributed by atoms with E-state index >= 15 is 0 Å². The van der Waals surface area contributed by atoms with E-state index in [9.17, 15) is 14.4 Å². The Morgan fingerprint density at radius 1 is 1.35 bits per heavy atom. The summed E-state index contributed by atoms with van der Waals surface area (Å²) < 4.78 is 6.30. The molecule has 138 valence electrons. The number of nitrogens with one attached hydrogen (secondary N) is 1. The number of aryl methyl sites for hydroxylation is 2. The largest absolute Gasteiger partial charge is 0.361 e. The minimum Gasteiger partial charge on any atom is -0.361 e. The highest BCUT2D eigenvalue weighted by atomic mass is 16.5. The Balaban J connectivity index is 1.51. The van der Waals surface area contributed by atoms with E-state index in [1.807, 2.05) is 0 Å². The first-order chi connectivity index (χ1) is 12.5. The Kier molecular flexibility index (Phi) is 5.20. The van der Waals surface area contributed by atoms with E-state index in [2.05, 4.69) is 10.5 Å². The minimum absolute atomic E-state index is 0.197. The van der Waals surface area contributed by atoms with E-state index in [1.165, 1.54) is 4.57 Å². The van der Waals surface area contributed by atoms with Crippen LogP contribution in [0.2, 0.25) is 0 Å². The zero-order chi connectivity index (χ0) is 18.7. The predicted molar refractivity (Wildman–Crippen MR) is 93.9 cm³/mol. The summed E-state index contributed by atoms with van der Waals surface area (Å²) in [6.45, 7) is 3.40. The first-order valence-corrected chi connectivity index (χ1v) is 8.62. The first-order valence-electron chi connectivity index (χ1n) is 8.62. The van der Waals surface area contributed by atoms with E-state index in [4.69, 9.17) is 4.52 Å². The third kappa shape index (κ3) is 3.84. The second-order valence-electron chi connectivity index (χ2n) is 6.61. The summed E-state index contributed by atoms with van der Waals surface area (Å²) in [6, 6.07) is 4.86. The summed E-state index contributed by atoms with van der Waals surface area (Å²) in [6.07, 6.45) is 3.18. The maximum Gasteiger partial charge on any atom is 0.273 e. The normalized spacial score (nSPS) is 15.1. The molecule has 1 fully saturated rings. The number of pyridine rings is 1. The summed E-state index contributed by atoms with van der Waals surface area (Å²) in [5, 5.41) is 6.55. The smallest absolute Gasteiger partial charge is 0.273 e. The molecule has 2 amide bonds. The van der Waals surface area contributed by atoms with Gasteiger partial charge in [-0.2, -0.15) is 0 Å². The summed E-state index contributed by atoms with van der Waals surface area (Å²) >= 11 is 0. The van der Waals surface area contributed by atoms with Gasteiger partial charge in [-0.15, -0.1) is 0 Å². The monoisotopic (exact) mass is 358 g/mol. The lowest BCUT2D eigenvalue weighted by atomic mass is 9.96. The van der Waals surface area contributed by atoms with Gasteiger partial charge in [-0.05, 0) is 37.8 Å². The van der Waals surface area contributed by atoms with Gasteiger partial charge in [-0.1, -0.05) is 5.16 Å². The number of likely N-dealkylation sites (tertiary alicyclic amines) is 1. The zero-order valence-electron chi connectivity index (χ0n) is 14.9. The van der Waals surface area contributed by atoms with Crippen LogP contribution < -0.4 is 10.9 Å². The van der Waals surface area contributed by atoms with Crippen LogP contribution in [0.3, 0.4) is 0 Å². The predicted octanol–water partition coefficient (Wildman–Crippen LogP) is 0.964. The molecule has 2 aromatic heterocycles. The second kappa shape index (κ2) is 7.55. The van der Waals surface area contributed by atoms with Crippen molar-refractivity contribution >= 4 is 11.8 Å². The Morgan fingerprint density at radius 3 is 2.73 bits per heavy atom. The first kappa shape index (κ1) is 17.9. The summed E-state index contributed by atoms with van der Waals surface area (Å²) in [7, 11) is 1.63. The van der Waals surface area contributed by atoms with Crippen molar-refractivity contribution in [3.63, 3.8) is 0 Å². The molecule has 1 aliphatic rings. The fourth-order valence-corrected chi connectivity index (χ4v) is 3.07. The topological polar surface area (TPSA) is 97.4 Å². The molecule has 3 rings (SSSR count). The number of rotatable bonds is 4. The van der Waals surface area contributed by atoms with Gasteiger partial charge < -0.3 is 19.3 Å². The molecule has 1 saturated heterocycles. The number of carbonyl (C=O) groups is 2. The number of hydrogen-bond donors (Lipinski definition) is 1. The molecule has 0 spiro atoms. The molecule has 8 nitrogen and oxygen atoms in total. The molecule has 8 heteroatoms. The highest BCUT2D eigenvalue weighted by Gasteiger charge is 2.25. The van der Waals surface area contributed by atoms with Crippen LogP contribution in [-0.4, -0.2) is 46.1 Å². The Hall–Kier alpha value is -2.90. The van der Waals surface area contributed by atoms with Crippen LogP contribution >= 0.6 is 0 Å². The molecule has 1 aliphatic heterocycles. The lowest BCUT2D eigenvalue weighted by Crippen LogP contribution is -2.43. The molecule has 0 aromatic carbocycles. The highest BCUT2D eigenvalue weighted by Crippen LogP contribution is 2.18. The van der Waals surface area contributed by atoms with Crippen molar-refractivity contribution in [3.05, 3.63) is 51.8 Å². The molecule has 1 N–H and O–H groups in total. The van der Waals surface area contributed by atoms with Crippen LogP contribution in [0, 0.1) is 12.8 Å². The number of piperidine rings is 1. The van der Waals surface area contributed by atoms with Gasteiger partial charge in [0.05, 0.1) is 0 Å². The molecule has 2 aromatic rings. The SMILES string of the molecule is Cc1cc(C(=O)NCC2CCN(C(=O)c3cccn(C)c3=O)CC2)no1. The number of nitrogens with zero attached hydrogens (tertiary/aromatic N) is 3. The van der Waals surface area contributed by atoms with Crippen molar-refractivity contribution in [1.82, 2.24) is 19.9 Å². The third-order valence-electron chi connectivity index (χ3n) is 4.67. The number of aromatic nitrogens is 2. The van der Waals surface area contributed by atoms with Gasteiger partial charge in [0, 0.05) is 38.9 Å². The van der Waals surface area contributed by atoms with Gasteiger partial charge in [-0.3, -0.25) is 14.4 Å². The van der Waals surface area contributed by atoms with Gasteiger partial charge in [-0.25, -0.2) is 0 Å². The maximum atomic E-state index is 12.6. The van der Waals surface area contributed by atoms with Crippen LogP contribution in [0.25, 0.3) is 0 Å². The fraction of sp³-hybridized carbons (Fsp3) is 0.444. The quantitative estimate of drug-likeness (QED) is 0.878. The molecule has 26 heavy (non-hydrogen) atoms. The molecular formula is C18H22N4O4. The molecule has 0 aliphatic carbocycles. The molecule has 0 unspecified atom stereocenters. The summed E-state index contributed by atoms with van der Waals surface area (Å²) in [5.41, 5.74) is 0.188. The average molecular weight is 358 g/mol. The Labute approximate surface area is 150 Å². The maximum absolute atomic E-state index is 12.6. The van der Waals surface area contributed by atoms with Gasteiger partial charge in [0.2, 0.25) is 0 Å². The molecular weight excluding hydrogens is 336 g/mol. The van der Waals surface area contributed by atoms with Gasteiger partial charge >= 0.3 is 0 Å². The molecule has 0 radical (unpaired) electrons. The van der Waals surface area contributed by atoms with Crippen molar-refractivity contribution in [1.29, 1.82) is 0 Å². The van der Waals surface area contributed by atoms with Crippen molar-refractivity contribution in [2.24, 2.45) is 13.0 Å². The molecule has 0 saturated carbocycles. The standard InChI is InChI=1S/C18H22N4O4/c1-12-10-15(20-26-12)16(23)19-11-13-5-8-22(9-6-13)18(25)14-4-3-7-21(2)17(14)24/h3-4,7,10,13H,5-6,8-9,11H2,1-2H3,(H,19,23). The van der Waals surface area contributed by atoms with Crippen LogP contribution in [0.4, 0.5) is 0 Å². The van der Waals surface area contributed by atoms with Gasteiger partial charge in [0.15, 0.2) is 5.69 Å². The van der Waals surface area contributed by atoms with E-state index in [0.717, 1.165) is 12.8 Å². The average Bonchev–Trinajstić information content (AvgIpc) is 3.08. The van der Waals surface area contributed by atoms with E-state index in [0.29, 0.717) is 25.4 Å². The van der Waals surface area contributed by atoms with Crippen molar-refractivity contribution in [3.8, 4) is 0 Å². The Bertz CT molecular complexity index is 862. The summed E-state index contributed by atoms with van der Waals surface area (Å²) in [5.74, 6) is 0.392. The van der Waals surface area contributed by atoms with Gasteiger partial charge in [0.25, 0.3) is 17.4 Å². The van der Waals surface area contributed by atoms with Crippen molar-refractivity contribution in [2.75, 3.05) is 19.6 Å². The van der Waals surface area contributed by atoms with Crippen LogP contribution in [0.15, 0.2) is 33.7 Å².